The van der Waals surface area contributed by atoms with Crippen molar-refractivity contribution in [1.82, 2.24) is 14.8 Å². The zero-order chi connectivity index (χ0) is 12.4. The fourth-order valence-corrected chi connectivity index (χ4v) is 2.14. The predicted octanol–water partition coefficient (Wildman–Crippen LogP) is 3.84. The maximum atomic E-state index is 6.13. The molecule has 0 aliphatic carbocycles. The third-order valence-electron chi connectivity index (χ3n) is 2.63. The highest BCUT2D eigenvalue weighted by molar-refractivity contribution is 7.71. The van der Waals surface area contributed by atoms with Crippen molar-refractivity contribution in [2.45, 2.75) is 26.7 Å². The number of aromatic nitrogens is 3. The van der Waals surface area contributed by atoms with Gasteiger partial charge in [0.25, 0.3) is 0 Å². The molecule has 1 heterocycles. The monoisotopic (exact) mass is 267 g/mol. The molecule has 1 aromatic heterocycles. The quantitative estimate of drug-likeness (QED) is 0.857. The molecule has 0 atom stereocenters. The zero-order valence-corrected chi connectivity index (χ0v) is 11.4. The smallest absolute Gasteiger partial charge is 0.199 e. The highest BCUT2D eigenvalue weighted by atomic mass is 35.5. The van der Waals surface area contributed by atoms with Crippen molar-refractivity contribution in [1.29, 1.82) is 0 Å². The van der Waals surface area contributed by atoms with E-state index in [9.17, 15) is 0 Å². The minimum absolute atomic E-state index is 0.605. The van der Waals surface area contributed by atoms with Crippen LogP contribution in [0.25, 0.3) is 5.69 Å². The lowest BCUT2D eigenvalue weighted by atomic mass is 10.2. The summed E-state index contributed by atoms with van der Waals surface area (Å²) < 4.78 is 2.54. The third kappa shape index (κ3) is 2.42. The van der Waals surface area contributed by atoms with Crippen LogP contribution in [-0.2, 0) is 6.42 Å². The standard InChI is InChI=1S/C12H14ClN3S/c1-3-4-11-14-15-12(17)16(11)9-6-5-8(2)10(13)7-9/h5-7H,3-4H2,1-2H3,(H,15,17). The van der Waals surface area contributed by atoms with Crippen LogP contribution in [0.4, 0.5) is 0 Å². The predicted molar refractivity (Wildman–Crippen MR) is 72.5 cm³/mol. The van der Waals surface area contributed by atoms with E-state index >= 15 is 0 Å². The van der Waals surface area contributed by atoms with E-state index in [-0.39, 0.29) is 0 Å². The van der Waals surface area contributed by atoms with Gasteiger partial charge in [0.2, 0.25) is 0 Å². The molecule has 17 heavy (non-hydrogen) atoms. The summed E-state index contributed by atoms with van der Waals surface area (Å²) in [6.07, 6.45) is 1.91. The molecule has 0 aliphatic rings. The number of nitrogens with one attached hydrogen (secondary N) is 1. The summed E-state index contributed by atoms with van der Waals surface area (Å²) in [7, 11) is 0. The molecule has 0 unspecified atom stereocenters. The molecule has 5 heteroatoms. The van der Waals surface area contributed by atoms with Crippen molar-refractivity contribution in [3.8, 4) is 5.69 Å². The van der Waals surface area contributed by atoms with Crippen molar-refractivity contribution in [3.05, 3.63) is 39.4 Å². The van der Waals surface area contributed by atoms with Gasteiger partial charge in [0.05, 0.1) is 5.69 Å². The van der Waals surface area contributed by atoms with E-state index in [2.05, 4.69) is 17.1 Å². The van der Waals surface area contributed by atoms with Gasteiger partial charge >= 0.3 is 0 Å². The molecule has 0 saturated heterocycles. The van der Waals surface area contributed by atoms with Crippen LogP contribution in [-0.4, -0.2) is 14.8 Å². The number of rotatable bonds is 3. The van der Waals surface area contributed by atoms with Crippen LogP contribution < -0.4 is 0 Å². The van der Waals surface area contributed by atoms with Gasteiger partial charge in [-0.15, -0.1) is 0 Å². The van der Waals surface area contributed by atoms with Crippen molar-refractivity contribution in [2.75, 3.05) is 0 Å². The van der Waals surface area contributed by atoms with Crippen LogP contribution in [0.15, 0.2) is 18.2 Å². The second kappa shape index (κ2) is 5.02. The van der Waals surface area contributed by atoms with Crippen LogP contribution in [0, 0.1) is 11.7 Å². The van der Waals surface area contributed by atoms with E-state index in [0.29, 0.717) is 4.77 Å². The molecule has 1 aromatic carbocycles. The molecular formula is C12H14ClN3S. The Morgan fingerprint density at radius 2 is 2.24 bits per heavy atom. The summed E-state index contributed by atoms with van der Waals surface area (Å²) in [4.78, 5) is 0. The topological polar surface area (TPSA) is 33.6 Å². The number of aromatic amines is 1. The fourth-order valence-electron chi connectivity index (χ4n) is 1.71. The molecule has 0 bridgehead atoms. The Hall–Kier alpha value is -1.13. The van der Waals surface area contributed by atoms with E-state index in [4.69, 9.17) is 23.8 Å². The van der Waals surface area contributed by atoms with Gasteiger partial charge < -0.3 is 0 Å². The van der Waals surface area contributed by atoms with E-state index in [1.54, 1.807) is 0 Å². The van der Waals surface area contributed by atoms with E-state index in [0.717, 1.165) is 34.9 Å². The van der Waals surface area contributed by atoms with Gasteiger partial charge in [-0.3, -0.25) is 9.67 Å². The van der Waals surface area contributed by atoms with Crippen LogP contribution in [0.1, 0.15) is 24.7 Å². The Balaban J connectivity index is 2.55. The molecule has 0 aliphatic heterocycles. The Bertz CT molecular complexity index is 586. The largest absolute Gasteiger partial charge is 0.272 e. The molecule has 3 nitrogen and oxygen atoms in total. The molecule has 0 spiro atoms. The van der Waals surface area contributed by atoms with Crippen molar-refractivity contribution < 1.29 is 0 Å². The van der Waals surface area contributed by atoms with Crippen molar-refractivity contribution in [2.24, 2.45) is 0 Å². The second-order valence-electron chi connectivity index (χ2n) is 3.96. The average molecular weight is 268 g/mol. The van der Waals surface area contributed by atoms with Crippen LogP contribution in [0.2, 0.25) is 5.02 Å². The number of hydrogen-bond donors (Lipinski definition) is 1. The van der Waals surface area contributed by atoms with Gasteiger partial charge in [0.1, 0.15) is 5.82 Å². The number of H-pyrrole nitrogens is 1. The lowest BCUT2D eigenvalue weighted by Crippen LogP contribution is -2.01. The molecular weight excluding hydrogens is 254 g/mol. The van der Waals surface area contributed by atoms with E-state index < -0.39 is 0 Å². The van der Waals surface area contributed by atoms with Crippen molar-refractivity contribution in [3.63, 3.8) is 0 Å². The SMILES string of the molecule is CCCc1n[nH]c(=S)n1-c1ccc(C)c(Cl)c1. The van der Waals surface area contributed by atoms with Gasteiger partial charge in [0, 0.05) is 11.4 Å². The lowest BCUT2D eigenvalue weighted by Gasteiger charge is -2.07. The van der Waals surface area contributed by atoms with Crippen LogP contribution in [0.5, 0.6) is 0 Å². The first-order valence-corrected chi connectivity index (χ1v) is 6.35. The average Bonchev–Trinajstić information content (AvgIpc) is 2.65. The number of nitrogens with zero attached hydrogens (tertiary/aromatic N) is 2. The normalized spacial score (nSPS) is 10.8. The summed E-state index contributed by atoms with van der Waals surface area (Å²) in [6, 6.07) is 5.91. The number of aryl methyl sites for hydroxylation is 2. The summed E-state index contributed by atoms with van der Waals surface area (Å²) >= 11 is 11.4. The second-order valence-corrected chi connectivity index (χ2v) is 4.76. The highest BCUT2D eigenvalue weighted by Crippen LogP contribution is 2.20. The first-order valence-electron chi connectivity index (χ1n) is 5.56. The molecule has 2 rings (SSSR count). The Kier molecular flexibility index (Phi) is 3.64. The maximum Gasteiger partial charge on any atom is 0.199 e. The van der Waals surface area contributed by atoms with Gasteiger partial charge in [-0.25, -0.2) is 0 Å². The highest BCUT2D eigenvalue weighted by Gasteiger charge is 2.08. The molecule has 90 valence electrons. The molecule has 2 aromatic rings. The number of halogens is 1. The minimum atomic E-state index is 0.605. The first-order chi connectivity index (χ1) is 8.13. The van der Waals surface area contributed by atoms with Gasteiger partial charge in [-0.2, -0.15) is 5.10 Å². The summed E-state index contributed by atoms with van der Waals surface area (Å²) in [6.45, 7) is 4.10. The number of benzene rings is 1. The summed E-state index contributed by atoms with van der Waals surface area (Å²) in [5, 5.41) is 7.81. The molecule has 1 N–H and O–H groups in total. The molecule has 0 fully saturated rings. The number of hydrogen-bond acceptors (Lipinski definition) is 2. The maximum absolute atomic E-state index is 6.13. The third-order valence-corrected chi connectivity index (χ3v) is 3.31. The molecule has 0 saturated carbocycles. The Labute approximate surface area is 110 Å². The zero-order valence-electron chi connectivity index (χ0n) is 9.83. The van der Waals surface area contributed by atoms with Gasteiger partial charge in [-0.1, -0.05) is 24.6 Å². The summed E-state index contributed by atoms with van der Waals surface area (Å²) in [5.74, 6) is 0.942. The summed E-state index contributed by atoms with van der Waals surface area (Å²) in [5.41, 5.74) is 2.02. The van der Waals surface area contributed by atoms with Gasteiger partial charge in [-0.05, 0) is 43.3 Å². The Morgan fingerprint density at radius 3 is 2.88 bits per heavy atom. The first kappa shape index (κ1) is 12.3. The fraction of sp³-hybridized carbons (Fsp3) is 0.333. The van der Waals surface area contributed by atoms with E-state index in [1.807, 2.05) is 29.7 Å². The minimum Gasteiger partial charge on any atom is -0.272 e. The van der Waals surface area contributed by atoms with Crippen molar-refractivity contribution >= 4 is 23.8 Å². The van der Waals surface area contributed by atoms with Crippen LogP contribution in [0.3, 0.4) is 0 Å². The Morgan fingerprint density at radius 1 is 1.47 bits per heavy atom. The van der Waals surface area contributed by atoms with Crippen LogP contribution >= 0.6 is 23.8 Å². The van der Waals surface area contributed by atoms with E-state index in [1.165, 1.54) is 0 Å². The molecule has 0 radical (unpaired) electrons. The lowest BCUT2D eigenvalue weighted by molar-refractivity contribution is 0.801. The molecule has 0 amide bonds. The van der Waals surface area contributed by atoms with Gasteiger partial charge in [0.15, 0.2) is 4.77 Å².